The maximum atomic E-state index is 13.2. The number of anilines is 2. The summed E-state index contributed by atoms with van der Waals surface area (Å²) < 4.78 is 0. The number of aromatic nitrogens is 1. The lowest BCUT2D eigenvalue weighted by Crippen LogP contribution is -2.39. The zero-order chi connectivity index (χ0) is 20.4. The molecule has 1 aromatic carbocycles. The third-order valence-electron chi connectivity index (χ3n) is 5.60. The number of halogens is 1. The summed E-state index contributed by atoms with van der Waals surface area (Å²) in [6.07, 6.45) is 3.28. The molecule has 2 aromatic rings. The Morgan fingerprint density at radius 1 is 1.24 bits per heavy atom. The minimum atomic E-state index is -0.0175. The molecule has 29 heavy (non-hydrogen) atoms. The maximum Gasteiger partial charge on any atom is 0.254 e. The van der Waals surface area contributed by atoms with Gasteiger partial charge in [-0.2, -0.15) is 0 Å². The van der Waals surface area contributed by atoms with Gasteiger partial charge in [0.15, 0.2) is 0 Å². The van der Waals surface area contributed by atoms with Crippen LogP contribution in [0.5, 0.6) is 0 Å². The van der Waals surface area contributed by atoms with Crippen LogP contribution < -0.4 is 10.2 Å². The van der Waals surface area contributed by atoms with Crippen LogP contribution in [0.1, 0.15) is 41.7 Å². The molecule has 3 heterocycles. The van der Waals surface area contributed by atoms with Crippen LogP contribution in [-0.4, -0.2) is 47.4 Å². The number of hydrogen-bond acceptors (Lipinski definition) is 4. The van der Waals surface area contributed by atoms with E-state index in [-0.39, 0.29) is 17.9 Å². The van der Waals surface area contributed by atoms with Crippen molar-refractivity contribution < 1.29 is 9.59 Å². The molecule has 2 amide bonds. The zero-order valence-electron chi connectivity index (χ0n) is 16.5. The predicted molar refractivity (Wildman–Crippen MR) is 115 cm³/mol. The molecule has 0 aliphatic carbocycles. The number of rotatable bonds is 5. The van der Waals surface area contributed by atoms with Gasteiger partial charge >= 0.3 is 0 Å². The number of carbonyl (C=O) groups is 2. The number of pyridine rings is 1. The van der Waals surface area contributed by atoms with Crippen LogP contribution in [0.2, 0.25) is 5.02 Å². The first-order chi connectivity index (χ1) is 14.0. The Morgan fingerprint density at radius 2 is 2.10 bits per heavy atom. The molecule has 0 spiro atoms. The van der Waals surface area contributed by atoms with Gasteiger partial charge < -0.3 is 15.1 Å². The Balaban J connectivity index is 1.48. The molecule has 0 saturated carbocycles. The number of carbonyl (C=O) groups excluding carboxylic acids is 2. The Kier molecular flexibility index (Phi) is 5.72. The summed E-state index contributed by atoms with van der Waals surface area (Å²) in [7, 11) is 0. The van der Waals surface area contributed by atoms with Gasteiger partial charge in [0.1, 0.15) is 5.82 Å². The minimum Gasteiger partial charge on any atom is -0.368 e. The van der Waals surface area contributed by atoms with E-state index in [0.29, 0.717) is 35.8 Å². The van der Waals surface area contributed by atoms with E-state index in [1.165, 1.54) is 0 Å². The molecule has 2 fully saturated rings. The zero-order valence-corrected chi connectivity index (χ0v) is 17.3. The summed E-state index contributed by atoms with van der Waals surface area (Å²) in [5.41, 5.74) is 2.17. The molecule has 7 heteroatoms. The first-order valence-corrected chi connectivity index (χ1v) is 10.5. The van der Waals surface area contributed by atoms with Crippen molar-refractivity contribution in [3.05, 3.63) is 52.7 Å². The Hall–Kier alpha value is -2.60. The molecule has 152 valence electrons. The van der Waals surface area contributed by atoms with Crippen LogP contribution in [0.4, 0.5) is 11.5 Å². The number of nitrogens with one attached hydrogen (secondary N) is 1. The highest BCUT2D eigenvalue weighted by atomic mass is 35.5. The average molecular weight is 413 g/mol. The number of hydrogen-bond donors (Lipinski definition) is 1. The second-order valence-corrected chi connectivity index (χ2v) is 8.06. The normalized spacial score (nSPS) is 19.1. The SMILES string of the molecule is Cc1cccc(NCC2CCCN2C(=O)c2ccc(Cl)c(N3CCCC3=O)c2)n1. The monoisotopic (exact) mass is 412 g/mol. The van der Waals surface area contributed by atoms with Crippen molar-refractivity contribution in [1.29, 1.82) is 0 Å². The predicted octanol–water partition coefficient (Wildman–Crippen LogP) is 3.89. The Bertz CT molecular complexity index is 933. The van der Waals surface area contributed by atoms with Gasteiger partial charge in [0, 0.05) is 43.4 Å². The van der Waals surface area contributed by atoms with Gasteiger partial charge in [-0.15, -0.1) is 0 Å². The molecule has 2 aliphatic heterocycles. The second-order valence-electron chi connectivity index (χ2n) is 7.65. The highest BCUT2D eigenvalue weighted by molar-refractivity contribution is 6.34. The second kappa shape index (κ2) is 8.41. The quantitative estimate of drug-likeness (QED) is 0.809. The number of nitrogens with zero attached hydrogens (tertiary/aromatic N) is 3. The molecule has 4 rings (SSSR count). The molecule has 0 radical (unpaired) electrons. The van der Waals surface area contributed by atoms with E-state index in [4.69, 9.17) is 11.6 Å². The molecule has 1 unspecified atom stereocenters. The first kappa shape index (κ1) is 19.7. The van der Waals surface area contributed by atoms with Gasteiger partial charge in [0.2, 0.25) is 5.91 Å². The van der Waals surface area contributed by atoms with E-state index < -0.39 is 0 Å². The fraction of sp³-hybridized carbons (Fsp3) is 0.409. The van der Waals surface area contributed by atoms with Crippen LogP contribution in [0.25, 0.3) is 0 Å². The molecule has 6 nitrogen and oxygen atoms in total. The average Bonchev–Trinajstić information content (AvgIpc) is 3.35. The highest BCUT2D eigenvalue weighted by Crippen LogP contribution is 2.31. The summed E-state index contributed by atoms with van der Waals surface area (Å²) >= 11 is 6.33. The summed E-state index contributed by atoms with van der Waals surface area (Å²) in [6.45, 7) is 4.00. The lowest BCUT2D eigenvalue weighted by atomic mass is 10.1. The molecular weight excluding hydrogens is 388 g/mol. The molecule has 2 aliphatic rings. The molecule has 1 aromatic heterocycles. The number of aryl methyl sites for hydroxylation is 1. The van der Waals surface area contributed by atoms with Crippen LogP contribution >= 0.6 is 11.6 Å². The lowest BCUT2D eigenvalue weighted by molar-refractivity contribution is -0.117. The van der Waals surface area contributed by atoms with Gasteiger partial charge in [0.25, 0.3) is 5.91 Å². The fourth-order valence-electron chi connectivity index (χ4n) is 4.10. The summed E-state index contributed by atoms with van der Waals surface area (Å²) in [5, 5.41) is 3.86. The van der Waals surface area contributed by atoms with E-state index in [0.717, 1.165) is 37.3 Å². The fourth-order valence-corrected chi connectivity index (χ4v) is 4.32. The third-order valence-corrected chi connectivity index (χ3v) is 5.92. The van der Waals surface area contributed by atoms with Gasteiger partial charge in [-0.25, -0.2) is 4.98 Å². The minimum absolute atomic E-state index is 0.0175. The largest absolute Gasteiger partial charge is 0.368 e. The highest BCUT2D eigenvalue weighted by Gasteiger charge is 2.31. The molecular formula is C22H25ClN4O2. The van der Waals surface area contributed by atoms with Gasteiger partial charge in [0.05, 0.1) is 10.7 Å². The van der Waals surface area contributed by atoms with Crippen LogP contribution in [0, 0.1) is 6.92 Å². The Morgan fingerprint density at radius 3 is 2.86 bits per heavy atom. The van der Waals surface area contributed by atoms with E-state index in [9.17, 15) is 9.59 Å². The Labute approximate surface area is 175 Å². The van der Waals surface area contributed by atoms with Crippen molar-refractivity contribution in [3.63, 3.8) is 0 Å². The number of benzene rings is 1. The van der Waals surface area contributed by atoms with Crippen molar-refractivity contribution in [3.8, 4) is 0 Å². The topological polar surface area (TPSA) is 65.5 Å². The van der Waals surface area contributed by atoms with Crippen molar-refractivity contribution in [2.24, 2.45) is 0 Å². The summed E-state index contributed by atoms with van der Waals surface area (Å²) in [5.74, 6) is 0.868. The van der Waals surface area contributed by atoms with E-state index in [1.807, 2.05) is 30.0 Å². The van der Waals surface area contributed by atoms with E-state index in [2.05, 4.69) is 10.3 Å². The van der Waals surface area contributed by atoms with E-state index in [1.54, 1.807) is 23.1 Å². The van der Waals surface area contributed by atoms with Crippen molar-refractivity contribution >= 4 is 34.9 Å². The van der Waals surface area contributed by atoms with E-state index >= 15 is 0 Å². The molecule has 0 bridgehead atoms. The van der Waals surface area contributed by atoms with Crippen LogP contribution in [-0.2, 0) is 4.79 Å². The van der Waals surface area contributed by atoms with Gasteiger partial charge in [-0.3, -0.25) is 9.59 Å². The number of amides is 2. The molecule has 1 atom stereocenters. The summed E-state index contributed by atoms with van der Waals surface area (Å²) in [4.78, 5) is 33.4. The molecule has 2 saturated heterocycles. The smallest absolute Gasteiger partial charge is 0.254 e. The third kappa shape index (κ3) is 4.22. The van der Waals surface area contributed by atoms with Crippen molar-refractivity contribution in [2.45, 2.75) is 38.6 Å². The first-order valence-electron chi connectivity index (χ1n) is 10.1. The van der Waals surface area contributed by atoms with Gasteiger partial charge in [-0.1, -0.05) is 17.7 Å². The standard InChI is InChI=1S/C22H25ClN4O2/c1-15-5-2-7-20(25-15)24-14-17-6-3-11-26(17)22(29)16-9-10-18(23)19(13-16)27-12-4-8-21(27)28/h2,5,7,9-10,13,17H,3-4,6,8,11-12,14H2,1H3,(H,24,25). The van der Waals surface area contributed by atoms with Crippen molar-refractivity contribution in [2.75, 3.05) is 29.9 Å². The lowest BCUT2D eigenvalue weighted by Gasteiger charge is -2.26. The molecule has 1 N–H and O–H groups in total. The van der Waals surface area contributed by atoms with Crippen LogP contribution in [0.3, 0.4) is 0 Å². The maximum absolute atomic E-state index is 13.2. The number of likely N-dealkylation sites (tertiary alicyclic amines) is 1. The van der Waals surface area contributed by atoms with Crippen molar-refractivity contribution in [1.82, 2.24) is 9.88 Å². The van der Waals surface area contributed by atoms with Gasteiger partial charge in [-0.05, 0) is 56.5 Å². The van der Waals surface area contributed by atoms with Crippen LogP contribution in [0.15, 0.2) is 36.4 Å². The summed E-state index contributed by atoms with van der Waals surface area (Å²) in [6, 6.07) is 11.2.